The van der Waals surface area contributed by atoms with Gasteiger partial charge < -0.3 is 20.1 Å². The van der Waals surface area contributed by atoms with Crippen molar-refractivity contribution in [1.29, 1.82) is 0 Å². The number of benzene rings is 1. The number of morpholine rings is 1. The number of halogens is 1. The highest BCUT2D eigenvalue weighted by molar-refractivity contribution is 6.31. The summed E-state index contributed by atoms with van der Waals surface area (Å²) in [4.78, 5) is 14.5. The average Bonchev–Trinajstić information content (AvgIpc) is 2.44. The van der Waals surface area contributed by atoms with Crippen LogP contribution in [-0.2, 0) is 4.74 Å². The second kappa shape index (κ2) is 6.22. The topological polar surface area (TPSA) is 61.8 Å². The number of aliphatic hydroxyl groups is 1. The molecule has 1 aromatic rings. The molecule has 0 aliphatic carbocycles. The van der Waals surface area contributed by atoms with E-state index < -0.39 is 5.60 Å². The van der Waals surface area contributed by atoms with E-state index in [2.05, 4.69) is 5.32 Å². The van der Waals surface area contributed by atoms with E-state index in [9.17, 15) is 9.90 Å². The number of aliphatic hydroxyl groups excluding tert-OH is 1. The van der Waals surface area contributed by atoms with Gasteiger partial charge in [0.05, 0.1) is 23.9 Å². The Morgan fingerprint density at radius 2 is 2.29 bits per heavy atom. The third-order valence-electron chi connectivity index (χ3n) is 3.45. The summed E-state index contributed by atoms with van der Waals surface area (Å²) < 4.78 is 5.73. The smallest absolute Gasteiger partial charge is 0.256 e. The largest absolute Gasteiger partial charge is 0.394 e. The molecule has 1 amide bonds. The average molecular weight is 313 g/mol. The molecule has 1 unspecified atom stereocenters. The molecule has 1 heterocycles. The third-order valence-corrected chi connectivity index (χ3v) is 3.69. The molecule has 5 nitrogen and oxygen atoms in total. The van der Waals surface area contributed by atoms with E-state index in [1.807, 2.05) is 13.8 Å². The molecule has 0 saturated carbocycles. The number of rotatable bonds is 3. The molecule has 2 N–H and O–H groups in total. The summed E-state index contributed by atoms with van der Waals surface area (Å²) in [6.45, 7) is 4.55. The zero-order valence-corrected chi connectivity index (χ0v) is 13.3. The van der Waals surface area contributed by atoms with Crippen molar-refractivity contribution in [3.8, 4) is 0 Å². The minimum atomic E-state index is -0.486. The predicted molar refractivity (Wildman–Crippen MR) is 82.9 cm³/mol. The first-order valence-corrected chi connectivity index (χ1v) is 7.29. The van der Waals surface area contributed by atoms with Crippen LogP contribution < -0.4 is 5.32 Å². The number of hydrogen-bond donors (Lipinski definition) is 2. The van der Waals surface area contributed by atoms with Gasteiger partial charge in [0.15, 0.2) is 0 Å². The number of ether oxygens (including phenoxy) is 1. The van der Waals surface area contributed by atoms with Crippen LogP contribution in [0.5, 0.6) is 0 Å². The van der Waals surface area contributed by atoms with Gasteiger partial charge >= 0.3 is 0 Å². The SMILES string of the molecule is CNc1ccc(Cl)cc1C(=O)N1CC(CO)OC(C)(C)C1. The molecule has 1 saturated heterocycles. The van der Waals surface area contributed by atoms with Crippen LogP contribution in [0.1, 0.15) is 24.2 Å². The molecule has 21 heavy (non-hydrogen) atoms. The summed E-state index contributed by atoms with van der Waals surface area (Å²) in [5.74, 6) is -0.114. The van der Waals surface area contributed by atoms with Crippen molar-refractivity contribution >= 4 is 23.2 Å². The molecular weight excluding hydrogens is 292 g/mol. The third kappa shape index (κ3) is 3.67. The van der Waals surface area contributed by atoms with Crippen molar-refractivity contribution in [1.82, 2.24) is 4.90 Å². The molecule has 0 radical (unpaired) electrons. The number of carbonyl (C=O) groups is 1. The van der Waals surface area contributed by atoms with Gasteiger partial charge in [-0.25, -0.2) is 0 Å². The zero-order valence-electron chi connectivity index (χ0n) is 12.5. The second-order valence-corrected chi connectivity index (χ2v) is 6.24. The molecule has 0 spiro atoms. The van der Waals surface area contributed by atoms with Crippen LogP contribution in [0.15, 0.2) is 18.2 Å². The lowest BCUT2D eigenvalue weighted by Gasteiger charge is -2.42. The molecule has 6 heteroatoms. The summed E-state index contributed by atoms with van der Waals surface area (Å²) in [5, 5.41) is 12.9. The number of amides is 1. The van der Waals surface area contributed by atoms with Crippen molar-refractivity contribution in [2.45, 2.75) is 25.6 Å². The molecular formula is C15H21ClN2O3. The first-order chi connectivity index (χ1) is 9.86. The van der Waals surface area contributed by atoms with Crippen LogP contribution in [0, 0.1) is 0 Å². The fourth-order valence-electron chi connectivity index (χ4n) is 2.63. The lowest BCUT2D eigenvalue weighted by atomic mass is 10.0. The van der Waals surface area contributed by atoms with Crippen LogP contribution in [0.25, 0.3) is 0 Å². The molecule has 1 aliphatic heterocycles. The fourth-order valence-corrected chi connectivity index (χ4v) is 2.80. The van der Waals surface area contributed by atoms with E-state index in [1.54, 1.807) is 30.1 Å². The molecule has 0 aromatic heterocycles. The summed E-state index contributed by atoms with van der Waals surface area (Å²) in [5.41, 5.74) is 0.772. The minimum absolute atomic E-state index is 0.109. The number of anilines is 1. The first kappa shape index (κ1) is 16.1. The predicted octanol–water partition coefficient (Wildman–Crippen LogP) is 1.99. The first-order valence-electron chi connectivity index (χ1n) is 6.91. The Morgan fingerprint density at radius 1 is 1.57 bits per heavy atom. The second-order valence-electron chi connectivity index (χ2n) is 5.81. The van der Waals surface area contributed by atoms with Crippen molar-refractivity contribution in [3.63, 3.8) is 0 Å². The van der Waals surface area contributed by atoms with E-state index in [1.165, 1.54) is 0 Å². The Kier molecular flexibility index (Phi) is 4.76. The van der Waals surface area contributed by atoms with Crippen LogP contribution >= 0.6 is 11.6 Å². The molecule has 1 aliphatic rings. The van der Waals surface area contributed by atoms with Crippen molar-refractivity contribution in [2.24, 2.45) is 0 Å². The van der Waals surface area contributed by atoms with Gasteiger partial charge in [-0.2, -0.15) is 0 Å². The number of carbonyl (C=O) groups excluding carboxylic acids is 1. The fraction of sp³-hybridized carbons (Fsp3) is 0.533. The molecule has 1 fully saturated rings. The molecule has 1 atom stereocenters. The number of nitrogens with one attached hydrogen (secondary N) is 1. The van der Waals surface area contributed by atoms with E-state index in [0.29, 0.717) is 23.7 Å². The summed E-state index contributed by atoms with van der Waals surface area (Å²) in [6.07, 6.45) is -0.366. The van der Waals surface area contributed by atoms with E-state index in [0.717, 1.165) is 5.69 Å². The van der Waals surface area contributed by atoms with Crippen molar-refractivity contribution in [3.05, 3.63) is 28.8 Å². The Morgan fingerprint density at radius 3 is 2.90 bits per heavy atom. The maximum atomic E-state index is 12.8. The highest BCUT2D eigenvalue weighted by atomic mass is 35.5. The minimum Gasteiger partial charge on any atom is -0.394 e. The highest BCUT2D eigenvalue weighted by Gasteiger charge is 2.36. The van der Waals surface area contributed by atoms with E-state index in [-0.39, 0.29) is 18.6 Å². The summed E-state index contributed by atoms with van der Waals surface area (Å²) in [7, 11) is 1.76. The van der Waals surface area contributed by atoms with Crippen molar-refractivity contribution in [2.75, 3.05) is 32.1 Å². The van der Waals surface area contributed by atoms with Crippen LogP contribution in [0.2, 0.25) is 5.02 Å². The van der Waals surface area contributed by atoms with E-state index in [4.69, 9.17) is 16.3 Å². The Labute approximate surface area is 129 Å². The maximum absolute atomic E-state index is 12.8. The van der Waals surface area contributed by atoms with Crippen LogP contribution in [-0.4, -0.2) is 54.4 Å². The normalized spacial score (nSPS) is 21.2. The summed E-state index contributed by atoms with van der Waals surface area (Å²) >= 11 is 6.01. The Hall–Kier alpha value is -1.30. The molecule has 116 valence electrons. The molecule has 1 aromatic carbocycles. The summed E-state index contributed by atoms with van der Waals surface area (Å²) in [6, 6.07) is 5.18. The van der Waals surface area contributed by atoms with Gasteiger partial charge in [0.25, 0.3) is 5.91 Å². The van der Waals surface area contributed by atoms with Crippen molar-refractivity contribution < 1.29 is 14.6 Å². The molecule has 2 rings (SSSR count). The van der Waals surface area contributed by atoms with Gasteiger partial charge in [-0.3, -0.25) is 4.79 Å². The zero-order chi connectivity index (χ0) is 15.6. The maximum Gasteiger partial charge on any atom is 0.256 e. The van der Waals surface area contributed by atoms with E-state index >= 15 is 0 Å². The highest BCUT2D eigenvalue weighted by Crippen LogP contribution is 2.26. The quantitative estimate of drug-likeness (QED) is 0.896. The monoisotopic (exact) mass is 312 g/mol. The lowest BCUT2D eigenvalue weighted by Crippen LogP contribution is -2.55. The Bertz CT molecular complexity index is 534. The van der Waals surface area contributed by atoms with Gasteiger partial charge in [0, 0.05) is 30.8 Å². The van der Waals surface area contributed by atoms with Crippen LogP contribution in [0.4, 0.5) is 5.69 Å². The van der Waals surface area contributed by atoms with Gasteiger partial charge in [0.1, 0.15) is 0 Å². The number of hydrogen-bond acceptors (Lipinski definition) is 4. The van der Waals surface area contributed by atoms with Gasteiger partial charge in [-0.05, 0) is 32.0 Å². The number of nitrogens with zero attached hydrogens (tertiary/aromatic N) is 1. The Balaban J connectivity index is 2.28. The standard InChI is InChI=1S/C15H21ClN2O3/c1-15(2)9-18(7-11(8-19)21-15)14(20)12-6-10(16)4-5-13(12)17-3/h4-6,11,17,19H,7-9H2,1-3H3. The van der Waals surface area contributed by atoms with Crippen LogP contribution in [0.3, 0.4) is 0 Å². The lowest BCUT2D eigenvalue weighted by molar-refractivity contribution is -0.139. The van der Waals surface area contributed by atoms with Gasteiger partial charge in [0.2, 0.25) is 0 Å². The molecule has 0 bridgehead atoms. The van der Waals surface area contributed by atoms with Gasteiger partial charge in [-0.15, -0.1) is 0 Å². The van der Waals surface area contributed by atoms with Gasteiger partial charge in [-0.1, -0.05) is 11.6 Å².